The van der Waals surface area contributed by atoms with Gasteiger partial charge < -0.3 is 19.7 Å². The van der Waals surface area contributed by atoms with Gasteiger partial charge in [0.2, 0.25) is 5.91 Å². The monoisotopic (exact) mass is 214 g/mol. The molecule has 2 heterocycles. The van der Waals surface area contributed by atoms with Crippen LogP contribution < -0.4 is 5.32 Å². The highest BCUT2D eigenvalue weighted by molar-refractivity contribution is 5.82. The third kappa shape index (κ3) is 2.48. The zero-order valence-corrected chi connectivity index (χ0v) is 9.07. The number of hydrogen-bond acceptors (Lipinski definition) is 4. The van der Waals surface area contributed by atoms with Crippen LogP contribution in [0.3, 0.4) is 0 Å². The van der Waals surface area contributed by atoms with Crippen LogP contribution in [0, 0.1) is 0 Å². The highest BCUT2D eigenvalue weighted by Crippen LogP contribution is 2.09. The molecular formula is C10H18N2O3. The van der Waals surface area contributed by atoms with Crippen molar-refractivity contribution in [3.8, 4) is 0 Å². The zero-order valence-electron chi connectivity index (χ0n) is 9.07. The molecule has 86 valence electrons. The van der Waals surface area contributed by atoms with Crippen LogP contribution in [0.1, 0.15) is 6.92 Å². The molecule has 2 atom stereocenters. The minimum absolute atomic E-state index is 0.144. The van der Waals surface area contributed by atoms with E-state index in [4.69, 9.17) is 9.47 Å². The third-order valence-electron chi connectivity index (χ3n) is 2.87. The van der Waals surface area contributed by atoms with Crippen molar-refractivity contribution in [2.45, 2.75) is 19.0 Å². The second-order valence-corrected chi connectivity index (χ2v) is 4.04. The molecule has 5 nitrogen and oxygen atoms in total. The van der Waals surface area contributed by atoms with Crippen LogP contribution in [0.2, 0.25) is 0 Å². The number of morpholine rings is 2. The molecule has 0 spiro atoms. The summed E-state index contributed by atoms with van der Waals surface area (Å²) in [5, 5.41) is 3.18. The van der Waals surface area contributed by atoms with E-state index in [2.05, 4.69) is 5.32 Å². The van der Waals surface area contributed by atoms with Crippen molar-refractivity contribution in [3.05, 3.63) is 0 Å². The molecule has 0 bridgehead atoms. The van der Waals surface area contributed by atoms with Crippen molar-refractivity contribution >= 4 is 5.91 Å². The van der Waals surface area contributed by atoms with Gasteiger partial charge in [0.1, 0.15) is 6.04 Å². The van der Waals surface area contributed by atoms with E-state index in [-0.39, 0.29) is 18.0 Å². The van der Waals surface area contributed by atoms with Crippen molar-refractivity contribution < 1.29 is 14.3 Å². The molecule has 0 saturated carbocycles. The lowest BCUT2D eigenvalue weighted by Gasteiger charge is -2.36. The molecule has 0 radical (unpaired) electrons. The quantitative estimate of drug-likeness (QED) is 0.622. The molecular weight excluding hydrogens is 196 g/mol. The highest BCUT2D eigenvalue weighted by Gasteiger charge is 2.30. The summed E-state index contributed by atoms with van der Waals surface area (Å²) in [4.78, 5) is 14.0. The third-order valence-corrected chi connectivity index (χ3v) is 2.87. The molecule has 0 aromatic rings. The Morgan fingerprint density at radius 3 is 2.80 bits per heavy atom. The lowest BCUT2D eigenvalue weighted by Crippen LogP contribution is -2.57. The number of nitrogens with zero attached hydrogens (tertiary/aromatic N) is 1. The first-order valence-corrected chi connectivity index (χ1v) is 5.48. The summed E-state index contributed by atoms with van der Waals surface area (Å²) in [6.07, 6.45) is 0. The van der Waals surface area contributed by atoms with Gasteiger partial charge in [-0.1, -0.05) is 0 Å². The second-order valence-electron chi connectivity index (χ2n) is 4.04. The molecule has 2 rings (SSSR count). The molecule has 2 aliphatic heterocycles. The number of nitrogens with one attached hydrogen (secondary N) is 1. The van der Waals surface area contributed by atoms with Gasteiger partial charge in [0.05, 0.1) is 32.5 Å². The molecule has 0 aromatic carbocycles. The fourth-order valence-electron chi connectivity index (χ4n) is 1.98. The maximum Gasteiger partial charge on any atom is 0.242 e. The Morgan fingerprint density at radius 1 is 1.33 bits per heavy atom. The highest BCUT2D eigenvalue weighted by atomic mass is 16.5. The van der Waals surface area contributed by atoms with E-state index in [1.54, 1.807) is 0 Å². The van der Waals surface area contributed by atoms with Crippen LogP contribution in [0.4, 0.5) is 0 Å². The fourth-order valence-corrected chi connectivity index (χ4v) is 1.98. The zero-order chi connectivity index (χ0) is 10.7. The minimum Gasteiger partial charge on any atom is -0.378 e. The van der Waals surface area contributed by atoms with E-state index in [9.17, 15) is 4.79 Å². The largest absolute Gasteiger partial charge is 0.378 e. The maximum absolute atomic E-state index is 12.1. The first-order chi connectivity index (χ1) is 7.29. The average molecular weight is 214 g/mol. The predicted octanol–water partition coefficient (Wildman–Crippen LogP) is -0.778. The normalized spacial score (nSPS) is 32.7. The van der Waals surface area contributed by atoms with E-state index < -0.39 is 0 Å². The van der Waals surface area contributed by atoms with E-state index in [1.807, 2.05) is 11.8 Å². The summed E-state index contributed by atoms with van der Waals surface area (Å²) in [7, 11) is 0. The molecule has 1 amide bonds. The van der Waals surface area contributed by atoms with Gasteiger partial charge in [-0.05, 0) is 6.92 Å². The van der Waals surface area contributed by atoms with Crippen molar-refractivity contribution in [3.63, 3.8) is 0 Å². The number of amides is 1. The van der Waals surface area contributed by atoms with Crippen molar-refractivity contribution in [1.82, 2.24) is 10.2 Å². The van der Waals surface area contributed by atoms with Gasteiger partial charge in [-0.2, -0.15) is 0 Å². The van der Waals surface area contributed by atoms with Crippen LogP contribution in [-0.2, 0) is 14.3 Å². The van der Waals surface area contributed by atoms with Gasteiger partial charge in [-0.3, -0.25) is 4.79 Å². The molecule has 5 heteroatoms. The summed E-state index contributed by atoms with van der Waals surface area (Å²) in [5.74, 6) is 0.144. The summed E-state index contributed by atoms with van der Waals surface area (Å²) >= 11 is 0. The van der Waals surface area contributed by atoms with Gasteiger partial charge in [-0.25, -0.2) is 0 Å². The standard InChI is InChI=1S/C10H18N2O3/c1-8-6-15-5-3-12(8)10(13)9-7-14-4-2-11-9/h8-9,11H,2-7H2,1H3. The first kappa shape index (κ1) is 10.9. The molecule has 0 aromatic heterocycles. The summed E-state index contributed by atoms with van der Waals surface area (Å²) < 4.78 is 10.6. The van der Waals surface area contributed by atoms with Crippen LogP contribution in [0.5, 0.6) is 0 Å². The first-order valence-electron chi connectivity index (χ1n) is 5.48. The van der Waals surface area contributed by atoms with Gasteiger partial charge >= 0.3 is 0 Å². The second kappa shape index (κ2) is 4.92. The summed E-state index contributed by atoms with van der Waals surface area (Å²) in [6, 6.07) is 0.00859. The van der Waals surface area contributed by atoms with E-state index in [0.717, 1.165) is 6.54 Å². The summed E-state index contributed by atoms with van der Waals surface area (Å²) in [6.45, 7) is 5.93. The predicted molar refractivity (Wildman–Crippen MR) is 54.6 cm³/mol. The van der Waals surface area contributed by atoms with Crippen LogP contribution in [0.25, 0.3) is 0 Å². The number of carbonyl (C=O) groups excluding carboxylic acids is 1. The Labute approximate surface area is 89.7 Å². The topological polar surface area (TPSA) is 50.8 Å². The summed E-state index contributed by atoms with van der Waals surface area (Å²) in [5.41, 5.74) is 0. The van der Waals surface area contributed by atoms with Crippen LogP contribution in [-0.4, -0.2) is 62.4 Å². The van der Waals surface area contributed by atoms with E-state index in [0.29, 0.717) is 33.0 Å². The van der Waals surface area contributed by atoms with Gasteiger partial charge in [0.15, 0.2) is 0 Å². The fraction of sp³-hybridized carbons (Fsp3) is 0.900. The van der Waals surface area contributed by atoms with Gasteiger partial charge in [-0.15, -0.1) is 0 Å². The maximum atomic E-state index is 12.1. The number of ether oxygens (including phenoxy) is 2. The lowest BCUT2D eigenvalue weighted by atomic mass is 10.2. The van der Waals surface area contributed by atoms with E-state index in [1.165, 1.54) is 0 Å². The van der Waals surface area contributed by atoms with Crippen molar-refractivity contribution in [2.75, 3.05) is 39.5 Å². The SMILES string of the molecule is CC1COCCN1C(=O)C1COCCN1. The Balaban J connectivity index is 1.92. The Kier molecular flexibility index (Phi) is 3.56. The molecule has 0 aliphatic carbocycles. The molecule has 2 aliphatic rings. The average Bonchev–Trinajstić information content (AvgIpc) is 2.30. The molecule has 2 unspecified atom stereocenters. The Hall–Kier alpha value is -0.650. The van der Waals surface area contributed by atoms with Gasteiger partial charge in [0.25, 0.3) is 0 Å². The lowest BCUT2D eigenvalue weighted by molar-refractivity contribution is -0.144. The van der Waals surface area contributed by atoms with Crippen LogP contribution >= 0.6 is 0 Å². The molecule has 15 heavy (non-hydrogen) atoms. The van der Waals surface area contributed by atoms with Crippen molar-refractivity contribution in [2.24, 2.45) is 0 Å². The molecule has 1 N–H and O–H groups in total. The number of carbonyl (C=O) groups is 1. The number of hydrogen-bond donors (Lipinski definition) is 1. The Morgan fingerprint density at radius 2 is 2.13 bits per heavy atom. The van der Waals surface area contributed by atoms with Crippen LogP contribution in [0.15, 0.2) is 0 Å². The molecule has 2 fully saturated rings. The van der Waals surface area contributed by atoms with Gasteiger partial charge in [0, 0.05) is 13.1 Å². The molecule has 2 saturated heterocycles. The minimum atomic E-state index is -0.167. The number of rotatable bonds is 1. The Bertz CT molecular complexity index is 229. The van der Waals surface area contributed by atoms with E-state index >= 15 is 0 Å². The van der Waals surface area contributed by atoms with Crippen molar-refractivity contribution in [1.29, 1.82) is 0 Å². The smallest absolute Gasteiger partial charge is 0.242 e.